The third-order valence-electron chi connectivity index (χ3n) is 5.67. The Kier molecular flexibility index (Phi) is 11.5. The van der Waals surface area contributed by atoms with E-state index in [4.69, 9.17) is 4.74 Å². The molecule has 0 radical (unpaired) electrons. The first-order valence-electron chi connectivity index (χ1n) is 12.0. The van der Waals surface area contributed by atoms with Gasteiger partial charge in [-0.2, -0.15) is 0 Å². The van der Waals surface area contributed by atoms with Crippen molar-refractivity contribution in [2.24, 2.45) is 0 Å². The smallest absolute Gasteiger partial charge is 0.249 e. The van der Waals surface area contributed by atoms with Gasteiger partial charge in [0.1, 0.15) is 11.8 Å². The normalized spacial score (nSPS) is 11.0. The van der Waals surface area contributed by atoms with Gasteiger partial charge in [0, 0.05) is 34.4 Å². The first kappa shape index (κ1) is 27.6. The number of carbonyl (C=O) groups is 2. The average molecular weight is 480 g/mol. The molecule has 2 aromatic carbocycles. The Morgan fingerprint density at radius 3 is 2.29 bits per heavy atom. The number of aromatic nitrogens is 1. The second-order valence-corrected chi connectivity index (χ2v) is 8.37. The Morgan fingerprint density at radius 1 is 1.03 bits per heavy atom. The molecule has 6 nitrogen and oxygen atoms in total. The number of methoxy groups -OCH3 is 1. The molecule has 0 unspecified atom stereocenters. The lowest BCUT2D eigenvalue weighted by Crippen LogP contribution is -2.47. The number of anilines is 1. The summed E-state index contributed by atoms with van der Waals surface area (Å²) in [4.78, 5) is 30.1. The van der Waals surface area contributed by atoms with Crippen LogP contribution in [0, 0.1) is 6.92 Å². The number of aryl methyl sites for hydroxylation is 3. The van der Waals surface area contributed by atoms with Crippen LogP contribution in [-0.4, -0.2) is 37.0 Å². The van der Waals surface area contributed by atoms with Crippen LogP contribution >= 0.6 is 0 Å². The highest BCUT2D eigenvalue weighted by atomic mass is 16.5. The van der Waals surface area contributed by atoms with Gasteiger partial charge in [0.25, 0.3) is 0 Å². The van der Waals surface area contributed by atoms with Crippen LogP contribution in [-0.2, 0) is 22.4 Å². The number of pyridine rings is 1. The summed E-state index contributed by atoms with van der Waals surface area (Å²) in [6.07, 6.45) is 5.46. The van der Waals surface area contributed by atoms with E-state index < -0.39 is 6.04 Å². The zero-order valence-electron chi connectivity index (χ0n) is 21.5. The van der Waals surface area contributed by atoms with E-state index in [1.807, 2.05) is 54.7 Å². The second kappa shape index (κ2) is 14.6. The first-order valence-corrected chi connectivity index (χ1v) is 12.0. The minimum Gasteiger partial charge on any atom is -0.497 e. The maximum Gasteiger partial charge on any atom is 0.249 e. The Hall–Kier alpha value is -3.67. The molecule has 6 heteroatoms. The predicted octanol–water partition coefficient (Wildman–Crippen LogP) is 5.63. The number of hydrogen-bond acceptors (Lipinski definition) is 4. The zero-order chi connectivity index (χ0) is 25.6. The van der Waals surface area contributed by atoms with Gasteiger partial charge in [-0.15, -0.1) is 0 Å². The van der Waals surface area contributed by atoms with Gasteiger partial charge in [0.2, 0.25) is 11.8 Å². The van der Waals surface area contributed by atoms with Crippen LogP contribution in [0.2, 0.25) is 0 Å². The molecule has 0 aliphatic rings. The van der Waals surface area contributed by atoms with E-state index >= 15 is 0 Å². The highest BCUT2D eigenvalue weighted by molar-refractivity contribution is 5.98. The summed E-state index contributed by atoms with van der Waals surface area (Å²) in [7, 11) is 3.31. The van der Waals surface area contributed by atoms with Crippen molar-refractivity contribution in [3.63, 3.8) is 0 Å². The lowest BCUT2D eigenvalue weighted by Gasteiger charge is -2.24. The molecule has 0 fully saturated rings. The number of hydrogen-bond donors (Lipinski definition) is 1. The highest BCUT2D eigenvalue weighted by Crippen LogP contribution is 2.19. The van der Waals surface area contributed by atoms with Crippen molar-refractivity contribution in [2.75, 3.05) is 19.1 Å². The summed E-state index contributed by atoms with van der Waals surface area (Å²) in [5.41, 5.74) is 4.44. The largest absolute Gasteiger partial charge is 0.497 e. The van der Waals surface area contributed by atoms with E-state index in [0.29, 0.717) is 12.8 Å². The van der Waals surface area contributed by atoms with Gasteiger partial charge in [0.15, 0.2) is 0 Å². The molecule has 1 heterocycles. The maximum absolute atomic E-state index is 12.8. The molecule has 1 atom stereocenters. The molecule has 3 rings (SSSR count). The number of nitrogens with zero attached hydrogens (tertiary/aromatic N) is 2. The van der Waals surface area contributed by atoms with Crippen molar-refractivity contribution in [3.8, 4) is 5.75 Å². The number of ether oxygens (including phenoxy) is 1. The minimum absolute atomic E-state index is 0. The Labute approximate surface area is 212 Å². The third-order valence-corrected chi connectivity index (χ3v) is 5.67. The quantitative estimate of drug-likeness (QED) is 0.432. The van der Waals surface area contributed by atoms with Gasteiger partial charge >= 0.3 is 0 Å². The first-order chi connectivity index (χ1) is 16.8. The number of likely N-dealkylation sites (N-methyl/N-ethyl adjacent to an activating group) is 1. The van der Waals surface area contributed by atoms with Crippen molar-refractivity contribution in [3.05, 3.63) is 89.7 Å². The molecular weight excluding hydrogens is 438 g/mol. The van der Waals surface area contributed by atoms with Gasteiger partial charge in [-0.05, 0) is 67.6 Å². The van der Waals surface area contributed by atoms with Gasteiger partial charge in [-0.1, -0.05) is 49.7 Å². The van der Waals surface area contributed by atoms with Crippen molar-refractivity contribution in [1.82, 2.24) is 10.3 Å². The van der Waals surface area contributed by atoms with Crippen LogP contribution < -0.4 is 15.0 Å². The number of rotatable bonds is 9. The number of nitrogens with one attached hydrogen (secondary N) is 1. The van der Waals surface area contributed by atoms with Crippen LogP contribution in [0.15, 0.2) is 72.9 Å². The standard InChI is InChI=1S/C20H24N2O3.C9H13N.2H2/c1-15(23)21-19(14-9-16-7-5-4-6-8-16)20(24)22(2)17-10-12-18(25-3)13-11-17;1-3-5-9-6-4-7-10-8(9)2;;/h4-8,10-13,19H,9,14H2,1-3H3,(H,21,23);4,6-7H,3,5H2,1-2H3;2*1H/t19-;;;/m0.../s1. The minimum atomic E-state index is -0.565. The monoisotopic (exact) mass is 479 g/mol. The molecule has 0 saturated carbocycles. The average Bonchev–Trinajstić information content (AvgIpc) is 2.88. The number of amides is 2. The molecular formula is C29H41N3O3. The van der Waals surface area contributed by atoms with Crippen molar-refractivity contribution < 1.29 is 17.2 Å². The van der Waals surface area contributed by atoms with E-state index in [0.717, 1.165) is 23.4 Å². The summed E-state index contributed by atoms with van der Waals surface area (Å²) in [5.74, 6) is 0.373. The highest BCUT2D eigenvalue weighted by Gasteiger charge is 2.23. The summed E-state index contributed by atoms with van der Waals surface area (Å²) < 4.78 is 5.14. The molecule has 1 aromatic heterocycles. The summed E-state index contributed by atoms with van der Waals surface area (Å²) in [6, 6.07) is 20.7. The molecule has 0 spiro atoms. The van der Waals surface area contributed by atoms with E-state index in [9.17, 15) is 9.59 Å². The van der Waals surface area contributed by atoms with Crippen LogP contribution in [0.5, 0.6) is 5.75 Å². The van der Waals surface area contributed by atoms with Gasteiger partial charge < -0.3 is 15.0 Å². The van der Waals surface area contributed by atoms with Gasteiger partial charge in [-0.3, -0.25) is 14.6 Å². The van der Waals surface area contributed by atoms with Crippen molar-refractivity contribution >= 4 is 17.5 Å². The van der Waals surface area contributed by atoms with E-state index in [1.54, 1.807) is 31.2 Å². The van der Waals surface area contributed by atoms with E-state index in [1.165, 1.54) is 24.6 Å². The van der Waals surface area contributed by atoms with Gasteiger partial charge in [-0.25, -0.2) is 0 Å². The topological polar surface area (TPSA) is 71.5 Å². The number of carbonyl (C=O) groups excluding carboxylic acids is 2. The van der Waals surface area contributed by atoms with E-state index in [-0.39, 0.29) is 14.7 Å². The van der Waals surface area contributed by atoms with E-state index in [2.05, 4.69) is 30.2 Å². The van der Waals surface area contributed by atoms with Crippen LogP contribution in [0.1, 0.15) is 46.4 Å². The summed E-state index contributed by atoms with van der Waals surface area (Å²) in [5, 5.41) is 2.77. The summed E-state index contributed by atoms with van der Waals surface area (Å²) in [6.45, 7) is 5.67. The van der Waals surface area contributed by atoms with Crippen LogP contribution in [0.3, 0.4) is 0 Å². The predicted molar refractivity (Wildman–Crippen MR) is 146 cm³/mol. The Morgan fingerprint density at radius 2 is 1.71 bits per heavy atom. The molecule has 0 aliphatic carbocycles. The molecule has 0 aliphatic heterocycles. The molecule has 35 heavy (non-hydrogen) atoms. The SMILES string of the molecule is CCCc1cccnc1C.COc1ccc(N(C)C(=O)[C@H](CCc2ccccc2)NC(C)=O)cc1.[HH].[HH]. The fraction of sp³-hybridized carbons (Fsp3) is 0.345. The fourth-order valence-corrected chi connectivity index (χ4v) is 3.68. The fourth-order valence-electron chi connectivity index (χ4n) is 3.68. The molecule has 0 bridgehead atoms. The Balaban J connectivity index is 0.000000913. The maximum atomic E-state index is 12.8. The molecule has 2 amide bonds. The van der Waals surface area contributed by atoms with Crippen molar-refractivity contribution in [1.29, 1.82) is 0 Å². The van der Waals surface area contributed by atoms with Crippen molar-refractivity contribution in [2.45, 2.75) is 52.5 Å². The van der Waals surface area contributed by atoms with Crippen LogP contribution in [0.4, 0.5) is 5.69 Å². The number of benzene rings is 2. The second-order valence-electron chi connectivity index (χ2n) is 8.37. The molecule has 190 valence electrons. The van der Waals surface area contributed by atoms with Gasteiger partial charge in [0.05, 0.1) is 7.11 Å². The third kappa shape index (κ3) is 9.24. The molecule has 3 aromatic rings. The molecule has 0 saturated heterocycles. The Bertz CT molecular complexity index is 1060. The summed E-state index contributed by atoms with van der Waals surface area (Å²) >= 11 is 0. The lowest BCUT2D eigenvalue weighted by atomic mass is 10.0. The van der Waals surface area contributed by atoms with Crippen LogP contribution in [0.25, 0.3) is 0 Å². The zero-order valence-corrected chi connectivity index (χ0v) is 21.5. The molecule has 1 N–H and O–H groups in total. The lowest BCUT2D eigenvalue weighted by molar-refractivity contribution is -0.126.